The van der Waals surface area contributed by atoms with Gasteiger partial charge in [-0.1, -0.05) is 11.5 Å². The van der Waals surface area contributed by atoms with Gasteiger partial charge in [-0.2, -0.15) is 6.07 Å². The van der Waals surface area contributed by atoms with Gasteiger partial charge in [0.05, 0.1) is 4.43 Å². The van der Waals surface area contributed by atoms with Crippen molar-refractivity contribution in [2.45, 2.75) is 32.6 Å². The molecule has 1 N–H and O–H groups in total. The van der Waals surface area contributed by atoms with E-state index in [1.54, 1.807) is 18.3 Å². The molecule has 4 rings (SSSR count). The third-order valence-corrected chi connectivity index (χ3v) is 5.08. The van der Waals surface area contributed by atoms with E-state index in [0.29, 0.717) is 16.5 Å². The van der Waals surface area contributed by atoms with Gasteiger partial charge < -0.3 is 23.2 Å². The van der Waals surface area contributed by atoms with Crippen LogP contribution in [0.15, 0.2) is 29.5 Å². The topological polar surface area (TPSA) is 80.8 Å². The van der Waals surface area contributed by atoms with Crippen molar-refractivity contribution in [2.24, 2.45) is 16.9 Å². The molecule has 1 saturated carbocycles. The first-order valence-electron chi connectivity index (χ1n) is 8.32. The SMILES string of the molecule is CC(=N[N-]C(=[SH+])N1CC2CCC(CC2)C1)[c-]1cccc[n+]1=[OH+].N#C[S-].[Cu+]. The van der Waals surface area contributed by atoms with Crippen molar-refractivity contribution in [3.63, 3.8) is 0 Å². The molecule has 26 heavy (non-hydrogen) atoms. The molecule has 0 radical (unpaired) electrons. The number of thiocyanates is 1. The molecule has 1 aliphatic carbocycles. The molecule has 9 heteroatoms. The van der Waals surface area contributed by atoms with Crippen molar-refractivity contribution in [1.82, 2.24) is 4.90 Å². The number of fused-ring (bicyclic) bond motifs is 4. The van der Waals surface area contributed by atoms with Crippen LogP contribution >= 0.6 is 0 Å². The maximum absolute atomic E-state index is 9.77. The van der Waals surface area contributed by atoms with Crippen molar-refractivity contribution < 1.29 is 26.4 Å². The second-order valence-electron chi connectivity index (χ2n) is 6.40. The fourth-order valence-electron chi connectivity index (χ4n) is 3.41. The smallest absolute Gasteiger partial charge is 0.696 e. The molecular formula is C17H23CuN5OS2+. The molecule has 2 aliphatic heterocycles. The van der Waals surface area contributed by atoms with E-state index in [2.05, 4.69) is 40.3 Å². The summed E-state index contributed by atoms with van der Waals surface area (Å²) in [6.07, 6.45) is 6.91. The van der Waals surface area contributed by atoms with Gasteiger partial charge in [-0.3, -0.25) is 0 Å². The number of pyridine rings is 1. The van der Waals surface area contributed by atoms with Crippen molar-refractivity contribution in [3.05, 3.63) is 35.5 Å². The first-order chi connectivity index (χ1) is 12.0. The molecule has 2 bridgehead atoms. The number of nitriles is 1. The van der Waals surface area contributed by atoms with E-state index in [0.717, 1.165) is 29.4 Å². The molecular weight excluding hydrogens is 418 g/mol. The van der Waals surface area contributed by atoms with Crippen molar-refractivity contribution in [3.8, 4) is 5.40 Å². The van der Waals surface area contributed by atoms with E-state index in [1.165, 1.54) is 31.1 Å². The normalized spacial score (nSPS) is 22.1. The van der Waals surface area contributed by atoms with E-state index >= 15 is 0 Å². The Morgan fingerprint density at radius 2 is 1.88 bits per heavy atom. The minimum atomic E-state index is 0. The monoisotopic (exact) mass is 440 g/mol. The number of hydrogen-bond acceptors (Lipinski definition) is 3. The zero-order valence-electron chi connectivity index (χ0n) is 14.5. The summed E-state index contributed by atoms with van der Waals surface area (Å²) in [4.78, 5) is 12.0. The molecule has 3 heterocycles. The number of aromatic nitrogens is 1. The van der Waals surface area contributed by atoms with E-state index in [1.807, 2.05) is 13.0 Å². The number of hydrogen-bond donors (Lipinski definition) is 0. The summed E-state index contributed by atoms with van der Waals surface area (Å²) in [5, 5.41) is 13.4. The van der Waals surface area contributed by atoms with E-state index in [-0.39, 0.29) is 17.1 Å². The Kier molecular flexibility index (Phi) is 9.99. The Morgan fingerprint density at radius 3 is 2.38 bits per heavy atom. The minimum Gasteiger partial charge on any atom is -0.696 e. The third kappa shape index (κ3) is 6.45. The summed E-state index contributed by atoms with van der Waals surface area (Å²) in [5.74, 6) is 1.55. The molecule has 0 spiro atoms. The quantitative estimate of drug-likeness (QED) is 0.0670. The van der Waals surface area contributed by atoms with Crippen LogP contribution in [0.5, 0.6) is 0 Å². The Labute approximate surface area is 175 Å². The van der Waals surface area contributed by atoms with Gasteiger partial charge in [-0.05, 0) is 49.3 Å². The molecule has 1 aromatic rings. The summed E-state index contributed by atoms with van der Waals surface area (Å²) in [6.45, 7) is 3.91. The van der Waals surface area contributed by atoms with Crippen LogP contribution in [0.2, 0.25) is 0 Å². The largest absolute Gasteiger partial charge is 1.00 e. The van der Waals surface area contributed by atoms with Crippen LogP contribution in [0.25, 0.3) is 5.43 Å². The summed E-state index contributed by atoms with van der Waals surface area (Å²) >= 11 is 8.24. The molecule has 3 aliphatic rings. The summed E-state index contributed by atoms with van der Waals surface area (Å²) in [7, 11) is 0. The second-order valence-corrected chi connectivity index (χ2v) is 6.98. The molecule has 1 aromatic heterocycles. The van der Waals surface area contributed by atoms with Gasteiger partial charge in [0, 0.05) is 18.8 Å². The molecule has 0 aromatic carbocycles. The molecule has 0 amide bonds. The zero-order valence-corrected chi connectivity index (χ0v) is 17.2. The van der Waals surface area contributed by atoms with Gasteiger partial charge in [-0.25, -0.2) is 10.2 Å². The number of thiol groups is 1. The van der Waals surface area contributed by atoms with E-state index in [9.17, 15) is 4.91 Å². The minimum absolute atomic E-state index is 0. The Balaban J connectivity index is 0.000000791. The van der Waals surface area contributed by atoms with Crippen molar-refractivity contribution in [2.75, 3.05) is 13.1 Å². The van der Waals surface area contributed by atoms with Gasteiger partial charge in [0.15, 0.2) is 23.5 Å². The fraction of sp³-hybridized carbons (Fsp3) is 0.529. The van der Waals surface area contributed by atoms with Crippen LogP contribution in [0.4, 0.5) is 0 Å². The molecule has 0 atom stereocenters. The number of rotatable bonds is 2. The average molecular weight is 441 g/mol. The average Bonchev–Trinajstić information content (AvgIpc) is 2.94. The van der Waals surface area contributed by atoms with Gasteiger partial charge in [0.25, 0.3) is 0 Å². The molecule has 0 unspecified atom stereocenters. The van der Waals surface area contributed by atoms with Crippen molar-refractivity contribution in [1.29, 1.82) is 5.26 Å². The zero-order chi connectivity index (χ0) is 18.2. The Bertz CT molecular complexity index is 708. The van der Waals surface area contributed by atoms with E-state index in [4.69, 9.17) is 5.26 Å². The molecule has 6 nitrogen and oxygen atoms in total. The maximum Gasteiger partial charge on any atom is 1.00 e. The Morgan fingerprint density at radius 1 is 1.35 bits per heavy atom. The predicted molar refractivity (Wildman–Crippen MR) is 103 cm³/mol. The third-order valence-electron chi connectivity index (χ3n) is 4.71. The van der Waals surface area contributed by atoms with Crippen LogP contribution in [0, 0.1) is 22.5 Å². The van der Waals surface area contributed by atoms with Crippen LogP contribution < -0.4 is 4.43 Å². The standard InChI is InChI=1S/C16H22N4OS.CHNS.Cu/c1-12(15-4-2-3-9-20(15)21)17-18-16(22)19-10-13-5-6-14(11-19)8-7-13;2-1-3;/h2-4,9,13-14H,5-8,10-11H2,1H3,(H,18,22);3H;/q;;+1. The number of nitrogens with zero attached hydrogens (tertiary/aromatic N) is 5. The second kappa shape index (κ2) is 11.4. The summed E-state index contributed by atoms with van der Waals surface area (Å²) in [5.41, 5.74) is 5.56. The van der Waals surface area contributed by atoms with Gasteiger partial charge in [0.2, 0.25) is 5.69 Å². The van der Waals surface area contributed by atoms with E-state index < -0.39 is 0 Å². The molecule has 3 fully saturated rings. The van der Waals surface area contributed by atoms with Crippen LogP contribution in [0.1, 0.15) is 38.3 Å². The van der Waals surface area contributed by atoms with Gasteiger partial charge >= 0.3 is 17.1 Å². The van der Waals surface area contributed by atoms with Gasteiger partial charge in [0.1, 0.15) is 0 Å². The summed E-state index contributed by atoms with van der Waals surface area (Å²) < 4.78 is 1.05. The van der Waals surface area contributed by atoms with Gasteiger partial charge in [-0.15, -0.1) is 6.07 Å². The first kappa shape index (κ1) is 22.7. The molecule has 144 valence electrons. The maximum atomic E-state index is 9.77. The Hall–Kier alpha value is -1.30. The molecule has 2 saturated heterocycles. The van der Waals surface area contributed by atoms with Crippen LogP contribution in [-0.4, -0.2) is 33.7 Å². The van der Waals surface area contributed by atoms with Crippen LogP contribution in [0.3, 0.4) is 0 Å². The van der Waals surface area contributed by atoms with Crippen molar-refractivity contribution >= 4 is 35.7 Å². The summed E-state index contributed by atoms with van der Waals surface area (Å²) in [6, 6.07) is 5.43. The predicted octanol–water partition coefficient (Wildman–Crippen LogP) is 1.71. The fourth-order valence-corrected chi connectivity index (χ4v) is 3.62. The first-order valence-corrected chi connectivity index (χ1v) is 9.18. The van der Waals surface area contributed by atoms with Crippen LogP contribution in [-0.2, 0) is 41.9 Å².